The Balaban J connectivity index is 1.22. The number of nitrogens with one attached hydrogen (secondary N) is 1. The predicted molar refractivity (Wildman–Crippen MR) is 135 cm³/mol. The van der Waals surface area contributed by atoms with E-state index in [0.717, 1.165) is 28.5 Å². The van der Waals surface area contributed by atoms with E-state index in [4.69, 9.17) is 4.74 Å². The molecule has 0 saturated carbocycles. The van der Waals surface area contributed by atoms with Crippen LogP contribution in [-0.2, 0) is 21.2 Å². The first-order valence-electron chi connectivity index (χ1n) is 11.9. The molecule has 6 nitrogen and oxygen atoms in total. The van der Waals surface area contributed by atoms with Crippen molar-refractivity contribution in [3.8, 4) is 5.75 Å². The van der Waals surface area contributed by atoms with Gasteiger partial charge in [-0.15, -0.1) is 0 Å². The first-order chi connectivity index (χ1) is 16.5. The third-order valence-corrected chi connectivity index (χ3v) is 8.19. The quantitative estimate of drug-likeness (QED) is 0.445. The zero-order valence-electron chi connectivity index (χ0n) is 19.4. The van der Waals surface area contributed by atoms with Crippen LogP contribution in [0.5, 0.6) is 5.75 Å². The second-order valence-electron chi connectivity index (χ2n) is 8.72. The van der Waals surface area contributed by atoms with Crippen LogP contribution in [0.25, 0.3) is 10.8 Å². The van der Waals surface area contributed by atoms with E-state index < -0.39 is 10.0 Å². The van der Waals surface area contributed by atoms with Crippen LogP contribution in [0.4, 0.5) is 0 Å². The van der Waals surface area contributed by atoms with E-state index >= 15 is 0 Å². The summed E-state index contributed by atoms with van der Waals surface area (Å²) in [6.07, 6.45) is 2.70. The van der Waals surface area contributed by atoms with E-state index in [9.17, 15) is 13.2 Å². The molecule has 7 heteroatoms. The molecular formula is C27H32N2O4S. The van der Waals surface area contributed by atoms with Crippen LogP contribution >= 0.6 is 0 Å². The molecule has 180 valence electrons. The normalized spacial score (nSPS) is 16.9. The molecule has 1 amide bonds. The third-order valence-electron chi connectivity index (χ3n) is 6.27. The molecule has 34 heavy (non-hydrogen) atoms. The molecule has 4 rings (SSSR count). The van der Waals surface area contributed by atoms with Gasteiger partial charge < -0.3 is 10.1 Å². The number of amides is 1. The Morgan fingerprint density at radius 2 is 1.76 bits per heavy atom. The maximum Gasteiger partial charge on any atom is 0.224 e. The van der Waals surface area contributed by atoms with Gasteiger partial charge in [-0.1, -0.05) is 66.7 Å². The standard InChI is InChI=1S/C27H32N2O4S/c30-27(28-17-19-33-26-16-6-13-23-12-4-5-15-25(23)26)24-14-7-18-29(21-24)34(31,32)20-8-11-22-9-2-1-3-10-22/h1-6,9-10,12-13,15-16,24H,7-8,11,14,17-21H2,(H,28,30)/t24-/m0/s1. The zero-order chi connectivity index (χ0) is 23.8. The molecule has 0 spiro atoms. The molecule has 1 aliphatic rings. The number of nitrogens with zero attached hydrogens (tertiary/aromatic N) is 1. The average Bonchev–Trinajstić information content (AvgIpc) is 2.87. The van der Waals surface area contributed by atoms with E-state index in [1.807, 2.05) is 72.8 Å². The number of rotatable bonds is 10. The predicted octanol–water partition coefficient (Wildman–Crippen LogP) is 4.01. The van der Waals surface area contributed by atoms with Crippen molar-refractivity contribution in [2.75, 3.05) is 32.0 Å². The molecule has 0 bridgehead atoms. The van der Waals surface area contributed by atoms with E-state index in [1.165, 1.54) is 4.31 Å². The Hall–Kier alpha value is -2.90. The molecule has 1 atom stereocenters. The number of hydrogen-bond donors (Lipinski definition) is 1. The monoisotopic (exact) mass is 480 g/mol. The lowest BCUT2D eigenvalue weighted by atomic mass is 9.99. The minimum absolute atomic E-state index is 0.106. The van der Waals surface area contributed by atoms with Crippen molar-refractivity contribution >= 4 is 26.7 Å². The van der Waals surface area contributed by atoms with Gasteiger partial charge in [-0.05, 0) is 42.7 Å². The highest BCUT2D eigenvalue weighted by atomic mass is 32.2. The van der Waals surface area contributed by atoms with Crippen LogP contribution in [0.2, 0.25) is 0 Å². The number of carbonyl (C=O) groups excluding carboxylic acids is 1. The van der Waals surface area contributed by atoms with Gasteiger partial charge in [-0.2, -0.15) is 0 Å². The Morgan fingerprint density at radius 3 is 2.62 bits per heavy atom. The number of sulfonamides is 1. The summed E-state index contributed by atoms with van der Waals surface area (Å²) >= 11 is 0. The van der Waals surface area contributed by atoms with Crippen molar-refractivity contribution in [3.63, 3.8) is 0 Å². The van der Waals surface area contributed by atoms with Gasteiger partial charge >= 0.3 is 0 Å². The first kappa shape index (κ1) is 24.2. The fraction of sp³-hybridized carbons (Fsp3) is 0.370. The Kier molecular flexibility index (Phi) is 8.19. The number of ether oxygens (including phenoxy) is 1. The largest absolute Gasteiger partial charge is 0.491 e. The summed E-state index contributed by atoms with van der Waals surface area (Å²) in [7, 11) is -3.37. The Morgan fingerprint density at radius 1 is 1.00 bits per heavy atom. The number of aryl methyl sites for hydroxylation is 1. The number of benzene rings is 3. The summed E-state index contributed by atoms with van der Waals surface area (Å²) in [5.74, 6) is 0.466. The molecule has 1 fully saturated rings. The number of piperidine rings is 1. The highest BCUT2D eigenvalue weighted by molar-refractivity contribution is 7.89. The van der Waals surface area contributed by atoms with Crippen LogP contribution in [-0.4, -0.2) is 50.6 Å². The van der Waals surface area contributed by atoms with E-state index in [-0.39, 0.29) is 24.1 Å². The van der Waals surface area contributed by atoms with E-state index in [0.29, 0.717) is 39.0 Å². The summed E-state index contributed by atoms with van der Waals surface area (Å²) in [5.41, 5.74) is 1.14. The molecule has 0 aliphatic carbocycles. The summed E-state index contributed by atoms with van der Waals surface area (Å²) in [6, 6.07) is 23.8. The van der Waals surface area contributed by atoms with E-state index in [1.54, 1.807) is 0 Å². The molecule has 1 heterocycles. The summed E-state index contributed by atoms with van der Waals surface area (Å²) in [5, 5.41) is 5.07. The first-order valence-corrected chi connectivity index (χ1v) is 13.5. The lowest BCUT2D eigenvalue weighted by molar-refractivity contribution is -0.126. The molecule has 3 aromatic rings. The lowest BCUT2D eigenvalue weighted by Crippen LogP contribution is -2.46. The van der Waals surface area contributed by atoms with Gasteiger partial charge in [0.2, 0.25) is 15.9 Å². The van der Waals surface area contributed by atoms with Gasteiger partial charge in [0.05, 0.1) is 18.2 Å². The fourth-order valence-corrected chi connectivity index (χ4v) is 6.02. The second kappa shape index (κ2) is 11.5. The topological polar surface area (TPSA) is 75.7 Å². The van der Waals surface area contributed by atoms with Crippen molar-refractivity contribution in [1.29, 1.82) is 0 Å². The van der Waals surface area contributed by atoms with Crippen molar-refractivity contribution in [3.05, 3.63) is 78.4 Å². The molecule has 1 N–H and O–H groups in total. The SMILES string of the molecule is O=C(NCCOc1cccc2ccccc12)[C@H]1CCCN(S(=O)(=O)CCCc2ccccc2)C1. The number of fused-ring (bicyclic) bond motifs is 1. The van der Waals surface area contributed by atoms with Crippen molar-refractivity contribution < 1.29 is 17.9 Å². The van der Waals surface area contributed by atoms with Crippen LogP contribution in [0.15, 0.2) is 72.8 Å². The zero-order valence-corrected chi connectivity index (χ0v) is 20.2. The second-order valence-corrected chi connectivity index (χ2v) is 10.8. The van der Waals surface area contributed by atoms with Gasteiger partial charge in [0, 0.05) is 18.5 Å². The Bertz CT molecular complexity index is 1190. The van der Waals surface area contributed by atoms with Crippen LogP contribution in [0, 0.1) is 5.92 Å². The minimum Gasteiger partial charge on any atom is -0.491 e. The van der Waals surface area contributed by atoms with Gasteiger partial charge in [-0.25, -0.2) is 12.7 Å². The lowest BCUT2D eigenvalue weighted by Gasteiger charge is -2.31. The van der Waals surface area contributed by atoms with Gasteiger partial charge in [0.15, 0.2) is 0 Å². The fourth-order valence-electron chi connectivity index (χ4n) is 4.44. The summed E-state index contributed by atoms with van der Waals surface area (Å²) < 4.78 is 33.1. The van der Waals surface area contributed by atoms with E-state index in [2.05, 4.69) is 5.32 Å². The molecular weight excluding hydrogens is 448 g/mol. The molecule has 0 unspecified atom stereocenters. The third kappa shape index (κ3) is 6.36. The molecule has 0 aromatic heterocycles. The maximum atomic E-state index is 12.8. The van der Waals surface area contributed by atoms with Gasteiger partial charge in [0.1, 0.15) is 12.4 Å². The minimum atomic E-state index is -3.37. The van der Waals surface area contributed by atoms with Crippen molar-refractivity contribution in [2.45, 2.75) is 25.7 Å². The Labute approximate surface area is 202 Å². The molecule has 1 aliphatic heterocycles. The summed E-state index contributed by atoms with van der Waals surface area (Å²) in [6.45, 7) is 1.47. The van der Waals surface area contributed by atoms with Gasteiger partial charge in [-0.3, -0.25) is 4.79 Å². The summed E-state index contributed by atoms with van der Waals surface area (Å²) in [4.78, 5) is 12.7. The smallest absolute Gasteiger partial charge is 0.224 e. The van der Waals surface area contributed by atoms with Crippen molar-refractivity contribution in [1.82, 2.24) is 9.62 Å². The highest BCUT2D eigenvalue weighted by Crippen LogP contribution is 2.25. The maximum absolute atomic E-state index is 12.8. The van der Waals surface area contributed by atoms with Crippen molar-refractivity contribution in [2.24, 2.45) is 5.92 Å². The van der Waals surface area contributed by atoms with Crippen LogP contribution in [0.3, 0.4) is 0 Å². The average molecular weight is 481 g/mol. The number of carbonyl (C=O) groups is 1. The van der Waals surface area contributed by atoms with Gasteiger partial charge in [0.25, 0.3) is 0 Å². The molecule has 0 radical (unpaired) electrons. The number of hydrogen-bond acceptors (Lipinski definition) is 4. The van der Waals surface area contributed by atoms with Crippen LogP contribution < -0.4 is 10.1 Å². The molecule has 1 saturated heterocycles. The highest BCUT2D eigenvalue weighted by Gasteiger charge is 2.31. The van der Waals surface area contributed by atoms with Crippen LogP contribution in [0.1, 0.15) is 24.8 Å². The molecule has 3 aromatic carbocycles.